The van der Waals surface area contributed by atoms with Crippen LogP contribution in [-0.2, 0) is 0 Å². The maximum Gasteiger partial charge on any atom is 0.0924 e. The molecular weight excluding hydrogens is 276 g/mol. The molecular formula is C19H30O3. The van der Waals surface area contributed by atoms with Crippen LogP contribution < -0.4 is 0 Å². The van der Waals surface area contributed by atoms with Gasteiger partial charge in [0.1, 0.15) is 0 Å². The van der Waals surface area contributed by atoms with Gasteiger partial charge in [0, 0.05) is 6.42 Å². The Morgan fingerprint density at radius 1 is 0.909 bits per heavy atom. The molecule has 3 heteroatoms. The molecule has 0 unspecified atom stereocenters. The van der Waals surface area contributed by atoms with Crippen molar-refractivity contribution in [2.45, 2.75) is 77.4 Å². The molecule has 3 saturated carbocycles. The van der Waals surface area contributed by atoms with E-state index in [0.717, 1.165) is 50.5 Å². The van der Waals surface area contributed by atoms with E-state index in [2.05, 4.69) is 13.8 Å². The lowest BCUT2D eigenvalue weighted by molar-refractivity contribution is -0.0785. The fourth-order valence-corrected chi connectivity index (χ4v) is 6.73. The van der Waals surface area contributed by atoms with Crippen LogP contribution in [0.1, 0.15) is 65.2 Å². The highest BCUT2D eigenvalue weighted by molar-refractivity contribution is 5.28. The van der Waals surface area contributed by atoms with Crippen LogP contribution >= 0.6 is 0 Å². The maximum absolute atomic E-state index is 10.7. The first-order valence-electron chi connectivity index (χ1n) is 9.14. The molecule has 0 heterocycles. The predicted octanol–water partition coefficient (Wildman–Crippen LogP) is 3.56. The lowest BCUT2D eigenvalue weighted by Gasteiger charge is -2.57. The van der Waals surface area contributed by atoms with E-state index in [9.17, 15) is 15.3 Å². The van der Waals surface area contributed by atoms with Gasteiger partial charge in [0.15, 0.2) is 0 Å². The Bertz CT molecular complexity index is 513. The lowest BCUT2D eigenvalue weighted by atomic mass is 9.47. The van der Waals surface area contributed by atoms with Gasteiger partial charge in [-0.2, -0.15) is 0 Å². The van der Waals surface area contributed by atoms with Gasteiger partial charge in [-0.15, -0.1) is 0 Å². The normalized spacial score (nSPS) is 54.6. The third kappa shape index (κ3) is 1.81. The number of rotatable bonds is 0. The van der Waals surface area contributed by atoms with E-state index in [1.54, 1.807) is 0 Å². The predicted molar refractivity (Wildman–Crippen MR) is 85.3 cm³/mol. The number of aliphatic hydroxyl groups is 3. The van der Waals surface area contributed by atoms with E-state index >= 15 is 0 Å². The second kappa shape index (κ2) is 4.73. The Hall–Kier alpha value is -0.540. The van der Waals surface area contributed by atoms with Crippen molar-refractivity contribution in [2.24, 2.45) is 28.6 Å². The van der Waals surface area contributed by atoms with E-state index in [1.165, 1.54) is 0 Å². The van der Waals surface area contributed by atoms with Crippen LogP contribution in [0.4, 0.5) is 0 Å². The topological polar surface area (TPSA) is 60.7 Å². The van der Waals surface area contributed by atoms with Gasteiger partial charge in [0.05, 0.1) is 18.0 Å². The highest BCUT2D eigenvalue weighted by Crippen LogP contribution is 2.65. The van der Waals surface area contributed by atoms with Crippen LogP contribution in [0.5, 0.6) is 0 Å². The second-order valence-corrected chi connectivity index (χ2v) is 8.96. The molecule has 0 aromatic rings. The number of fused-ring (bicyclic) bond motifs is 5. The summed E-state index contributed by atoms with van der Waals surface area (Å²) in [6.45, 7) is 4.60. The molecule has 4 aliphatic rings. The van der Waals surface area contributed by atoms with Crippen molar-refractivity contribution in [1.29, 1.82) is 0 Å². The Labute approximate surface area is 133 Å². The zero-order chi connectivity index (χ0) is 15.7. The van der Waals surface area contributed by atoms with Gasteiger partial charge >= 0.3 is 0 Å². The van der Waals surface area contributed by atoms with Crippen LogP contribution in [0.3, 0.4) is 0 Å². The smallest absolute Gasteiger partial charge is 0.0924 e. The molecule has 0 radical (unpaired) electrons. The first-order valence-corrected chi connectivity index (χ1v) is 9.14. The van der Waals surface area contributed by atoms with Gasteiger partial charge in [-0.1, -0.05) is 13.8 Å². The number of allylic oxidation sites excluding steroid dienone is 1. The molecule has 124 valence electrons. The Kier molecular flexibility index (Phi) is 3.23. The van der Waals surface area contributed by atoms with Gasteiger partial charge in [0.25, 0.3) is 0 Å². The highest BCUT2D eigenvalue weighted by atomic mass is 16.3. The quantitative estimate of drug-likeness (QED) is 0.641. The van der Waals surface area contributed by atoms with Crippen molar-refractivity contribution < 1.29 is 15.3 Å². The van der Waals surface area contributed by atoms with Crippen molar-refractivity contribution in [3.8, 4) is 0 Å². The molecule has 0 aromatic heterocycles. The summed E-state index contributed by atoms with van der Waals surface area (Å²) in [6, 6.07) is 0. The molecule has 0 bridgehead atoms. The maximum atomic E-state index is 10.7. The minimum atomic E-state index is -0.274. The number of hydrogen-bond donors (Lipinski definition) is 3. The summed E-state index contributed by atoms with van der Waals surface area (Å²) >= 11 is 0. The van der Waals surface area contributed by atoms with Crippen LogP contribution in [0, 0.1) is 28.6 Å². The fourth-order valence-electron chi connectivity index (χ4n) is 6.73. The molecule has 3 fully saturated rings. The molecule has 3 N–H and O–H groups in total. The molecule has 22 heavy (non-hydrogen) atoms. The molecule has 0 aromatic carbocycles. The zero-order valence-electron chi connectivity index (χ0n) is 13.9. The molecule has 4 aliphatic carbocycles. The van der Waals surface area contributed by atoms with E-state index in [1.807, 2.05) is 0 Å². The summed E-state index contributed by atoms with van der Waals surface area (Å²) in [6.07, 6.45) is 7.19. The van der Waals surface area contributed by atoms with Crippen molar-refractivity contribution >= 4 is 0 Å². The van der Waals surface area contributed by atoms with E-state index < -0.39 is 0 Å². The molecule has 0 saturated heterocycles. The van der Waals surface area contributed by atoms with Gasteiger partial charge in [-0.05, 0) is 79.1 Å². The summed E-state index contributed by atoms with van der Waals surface area (Å²) in [5, 5.41) is 31.2. The zero-order valence-corrected chi connectivity index (χ0v) is 13.9. The SMILES string of the molecule is C[C@]12CC[C@H]3[C@@H](CC(O)=C4C[C@@H](O)CC[C@@]43C)[C@@H]1CC[C@@H]2O. The molecule has 7 atom stereocenters. The van der Waals surface area contributed by atoms with Crippen LogP contribution in [0.25, 0.3) is 0 Å². The monoisotopic (exact) mass is 306 g/mol. The Morgan fingerprint density at radius 3 is 2.45 bits per heavy atom. The number of aliphatic hydroxyl groups excluding tert-OH is 3. The van der Waals surface area contributed by atoms with Crippen LogP contribution in [0.2, 0.25) is 0 Å². The third-order valence-corrected chi connectivity index (χ3v) is 8.11. The van der Waals surface area contributed by atoms with Crippen molar-refractivity contribution in [3.05, 3.63) is 11.3 Å². The standard InChI is InChI=1S/C19H30O3/c1-18-7-5-11(20)9-15(18)16(21)10-12-13-3-4-17(22)19(13,2)8-6-14(12)18/h11-14,17,20-22H,3-10H2,1-2H3/t11-,12-,13-,14-,17-,18+,19-/m0/s1. The van der Waals surface area contributed by atoms with Gasteiger partial charge in [-0.3, -0.25) is 0 Å². The van der Waals surface area contributed by atoms with Crippen molar-refractivity contribution in [2.75, 3.05) is 0 Å². The summed E-state index contributed by atoms with van der Waals surface area (Å²) in [4.78, 5) is 0. The third-order valence-electron chi connectivity index (χ3n) is 8.11. The molecule has 0 aliphatic heterocycles. The lowest BCUT2D eigenvalue weighted by Crippen LogP contribution is -2.52. The summed E-state index contributed by atoms with van der Waals surface area (Å²) in [5.74, 6) is 2.25. The second-order valence-electron chi connectivity index (χ2n) is 8.96. The van der Waals surface area contributed by atoms with Crippen molar-refractivity contribution in [3.63, 3.8) is 0 Å². The van der Waals surface area contributed by atoms with E-state index in [0.29, 0.717) is 29.9 Å². The first-order chi connectivity index (χ1) is 10.4. The average molecular weight is 306 g/mol. The van der Waals surface area contributed by atoms with Gasteiger partial charge < -0.3 is 15.3 Å². The summed E-state index contributed by atoms with van der Waals surface area (Å²) in [5.41, 5.74) is 1.28. The molecule has 4 rings (SSSR count). The minimum absolute atomic E-state index is 0.0590. The van der Waals surface area contributed by atoms with Crippen molar-refractivity contribution in [1.82, 2.24) is 0 Å². The summed E-state index contributed by atoms with van der Waals surface area (Å²) < 4.78 is 0. The number of hydrogen-bond acceptors (Lipinski definition) is 3. The summed E-state index contributed by atoms with van der Waals surface area (Å²) in [7, 11) is 0. The largest absolute Gasteiger partial charge is 0.512 e. The van der Waals surface area contributed by atoms with Crippen LogP contribution in [0.15, 0.2) is 11.3 Å². The van der Waals surface area contributed by atoms with Gasteiger partial charge in [-0.25, -0.2) is 0 Å². The first kappa shape index (κ1) is 15.0. The Morgan fingerprint density at radius 2 is 1.68 bits per heavy atom. The van der Waals surface area contributed by atoms with E-state index in [-0.39, 0.29) is 23.0 Å². The van der Waals surface area contributed by atoms with E-state index in [4.69, 9.17) is 0 Å². The average Bonchev–Trinajstić information content (AvgIpc) is 2.77. The molecule has 0 amide bonds. The highest BCUT2D eigenvalue weighted by Gasteiger charge is 2.59. The Balaban J connectivity index is 1.73. The van der Waals surface area contributed by atoms with Gasteiger partial charge in [0.2, 0.25) is 0 Å². The minimum Gasteiger partial charge on any atom is -0.512 e. The van der Waals surface area contributed by atoms with Crippen LogP contribution in [-0.4, -0.2) is 27.5 Å². The fraction of sp³-hybridized carbons (Fsp3) is 0.895. The molecule has 3 nitrogen and oxygen atoms in total. The molecule has 0 spiro atoms.